The molecule has 0 bridgehead atoms. The molecule has 0 aliphatic heterocycles. The van der Waals surface area contributed by atoms with Gasteiger partial charge in [-0.1, -0.05) is 17.7 Å². The van der Waals surface area contributed by atoms with E-state index in [0.29, 0.717) is 6.54 Å². The van der Waals surface area contributed by atoms with Crippen molar-refractivity contribution in [2.75, 3.05) is 11.9 Å². The second-order valence-electron chi connectivity index (χ2n) is 3.91. The Morgan fingerprint density at radius 3 is 2.82 bits per heavy atom. The summed E-state index contributed by atoms with van der Waals surface area (Å²) in [6.45, 7) is 2.67. The summed E-state index contributed by atoms with van der Waals surface area (Å²) in [6.07, 6.45) is 0. The Morgan fingerprint density at radius 1 is 1.41 bits per heavy atom. The largest absolute Gasteiger partial charge is 0.376 e. The van der Waals surface area contributed by atoms with E-state index >= 15 is 0 Å². The van der Waals surface area contributed by atoms with Gasteiger partial charge in [-0.05, 0) is 42.1 Å². The van der Waals surface area contributed by atoms with E-state index < -0.39 is 0 Å². The number of benzene rings is 1. The molecular formula is C13H15ClN2S. The minimum Gasteiger partial charge on any atom is -0.376 e. The van der Waals surface area contributed by atoms with Crippen LogP contribution in [0.3, 0.4) is 0 Å². The number of nitrogens with two attached hydrogens (primary N) is 1. The molecule has 1 unspecified atom stereocenters. The van der Waals surface area contributed by atoms with E-state index in [1.165, 1.54) is 10.4 Å². The molecule has 0 aliphatic rings. The molecule has 0 aliphatic carbocycles. The SMILES string of the molecule is Cc1ccsc1C(CN)Nc1cccc(Cl)c1. The van der Waals surface area contributed by atoms with E-state index in [1.54, 1.807) is 11.3 Å². The average Bonchev–Trinajstić information content (AvgIpc) is 2.72. The Kier molecular flexibility index (Phi) is 4.05. The first-order valence-electron chi connectivity index (χ1n) is 5.47. The summed E-state index contributed by atoms with van der Waals surface area (Å²) in [6, 6.07) is 9.96. The Labute approximate surface area is 110 Å². The lowest BCUT2D eigenvalue weighted by atomic mass is 10.1. The fourth-order valence-electron chi connectivity index (χ4n) is 1.75. The fourth-order valence-corrected chi connectivity index (χ4v) is 2.93. The smallest absolute Gasteiger partial charge is 0.0731 e. The quantitative estimate of drug-likeness (QED) is 0.883. The predicted octanol–water partition coefficient (Wildman–Crippen LogP) is 3.82. The van der Waals surface area contributed by atoms with Gasteiger partial charge >= 0.3 is 0 Å². The molecule has 17 heavy (non-hydrogen) atoms. The van der Waals surface area contributed by atoms with E-state index in [4.69, 9.17) is 17.3 Å². The standard InChI is InChI=1S/C13H15ClN2S/c1-9-5-6-17-13(9)12(8-15)16-11-4-2-3-10(14)7-11/h2-7,12,16H,8,15H2,1H3. The van der Waals surface area contributed by atoms with Crippen LogP contribution in [-0.4, -0.2) is 6.54 Å². The van der Waals surface area contributed by atoms with Gasteiger partial charge in [0.1, 0.15) is 0 Å². The second kappa shape index (κ2) is 5.54. The van der Waals surface area contributed by atoms with Crippen LogP contribution >= 0.6 is 22.9 Å². The Balaban J connectivity index is 2.19. The van der Waals surface area contributed by atoms with Crippen LogP contribution in [0.25, 0.3) is 0 Å². The van der Waals surface area contributed by atoms with Crippen LogP contribution in [0, 0.1) is 6.92 Å². The van der Waals surface area contributed by atoms with Crippen molar-refractivity contribution < 1.29 is 0 Å². The van der Waals surface area contributed by atoms with E-state index in [9.17, 15) is 0 Å². The normalized spacial score (nSPS) is 12.4. The molecule has 4 heteroatoms. The Morgan fingerprint density at radius 2 is 2.24 bits per heavy atom. The van der Waals surface area contributed by atoms with Crippen molar-refractivity contribution >= 4 is 28.6 Å². The third kappa shape index (κ3) is 3.00. The molecule has 1 heterocycles. The summed E-state index contributed by atoms with van der Waals surface area (Å²) in [4.78, 5) is 1.28. The third-order valence-corrected chi connectivity index (χ3v) is 3.99. The van der Waals surface area contributed by atoms with Crippen molar-refractivity contribution in [1.82, 2.24) is 0 Å². The zero-order valence-corrected chi connectivity index (χ0v) is 11.2. The van der Waals surface area contributed by atoms with Gasteiger partial charge < -0.3 is 11.1 Å². The van der Waals surface area contributed by atoms with Crippen LogP contribution in [0.4, 0.5) is 5.69 Å². The molecule has 1 aromatic carbocycles. The topological polar surface area (TPSA) is 38.0 Å². The van der Waals surface area contributed by atoms with Crippen LogP contribution in [0.2, 0.25) is 5.02 Å². The molecule has 1 aromatic heterocycles. The fraction of sp³-hybridized carbons (Fsp3) is 0.231. The molecule has 0 saturated heterocycles. The van der Waals surface area contributed by atoms with Gasteiger partial charge in [0.25, 0.3) is 0 Å². The van der Waals surface area contributed by atoms with Gasteiger partial charge in [-0.25, -0.2) is 0 Å². The molecule has 0 amide bonds. The highest BCUT2D eigenvalue weighted by Gasteiger charge is 2.13. The molecule has 3 N–H and O–H groups in total. The van der Waals surface area contributed by atoms with Gasteiger partial charge in [0.05, 0.1) is 6.04 Å². The zero-order chi connectivity index (χ0) is 12.3. The highest BCUT2D eigenvalue weighted by atomic mass is 35.5. The summed E-state index contributed by atoms with van der Waals surface area (Å²) in [5.74, 6) is 0. The van der Waals surface area contributed by atoms with E-state index in [-0.39, 0.29) is 6.04 Å². The van der Waals surface area contributed by atoms with Crippen LogP contribution in [-0.2, 0) is 0 Å². The van der Waals surface area contributed by atoms with Crippen molar-refractivity contribution in [3.8, 4) is 0 Å². The second-order valence-corrected chi connectivity index (χ2v) is 5.29. The highest BCUT2D eigenvalue weighted by molar-refractivity contribution is 7.10. The zero-order valence-electron chi connectivity index (χ0n) is 9.61. The average molecular weight is 267 g/mol. The highest BCUT2D eigenvalue weighted by Crippen LogP contribution is 2.27. The van der Waals surface area contributed by atoms with Crippen molar-refractivity contribution in [3.63, 3.8) is 0 Å². The van der Waals surface area contributed by atoms with Crippen molar-refractivity contribution in [1.29, 1.82) is 0 Å². The minimum atomic E-state index is 0.147. The molecule has 0 fully saturated rings. The molecular weight excluding hydrogens is 252 g/mol. The van der Waals surface area contributed by atoms with Gasteiger partial charge in [-0.15, -0.1) is 11.3 Å². The molecule has 90 valence electrons. The van der Waals surface area contributed by atoms with Crippen molar-refractivity contribution in [2.24, 2.45) is 5.73 Å². The lowest BCUT2D eigenvalue weighted by molar-refractivity contribution is 0.800. The third-order valence-electron chi connectivity index (χ3n) is 2.62. The molecule has 0 saturated carbocycles. The van der Waals surface area contributed by atoms with Crippen LogP contribution in [0.5, 0.6) is 0 Å². The number of anilines is 1. The monoisotopic (exact) mass is 266 g/mol. The number of aryl methyl sites for hydroxylation is 1. The number of hydrogen-bond acceptors (Lipinski definition) is 3. The number of nitrogens with one attached hydrogen (secondary N) is 1. The van der Waals surface area contributed by atoms with Crippen molar-refractivity contribution in [2.45, 2.75) is 13.0 Å². The van der Waals surface area contributed by atoms with E-state index in [1.807, 2.05) is 24.3 Å². The van der Waals surface area contributed by atoms with E-state index in [0.717, 1.165) is 10.7 Å². The molecule has 2 rings (SSSR count). The molecule has 0 radical (unpaired) electrons. The summed E-state index contributed by atoms with van der Waals surface area (Å²) in [5.41, 5.74) is 8.11. The molecule has 2 aromatic rings. The lowest BCUT2D eigenvalue weighted by Gasteiger charge is -2.18. The number of thiophene rings is 1. The molecule has 0 spiro atoms. The lowest BCUT2D eigenvalue weighted by Crippen LogP contribution is -2.20. The van der Waals surface area contributed by atoms with Crippen LogP contribution in [0.1, 0.15) is 16.5 Å². The summed E-state index contributed by atoms with van der Waals surface area (Å²) >= 11 is 7.69. The molecule has 1 atom stereocenters. The first-order chi connectivity index (χ1) is 8.20. The van der Waals surface area contributed by atoms with Crippen molar-refractivity contribution in [3.05, 3.63) is 51.2 Å². The Hall–Kier alpha value is -1.03. The maximum atomic E-state index is 5.96. The summed E-state index contributed by atoms with van der Waals surface area (Å²) in [7, 11) is 0. The van der Waals surface area contributed by atoms with Crippen LogP contribution in [0.15, 0.2) is 35.7 Å². The maximum absolute atomic E-state index is 5.96. The maximum Gasteiger partial charge on any atom is 0.0731 e. The van der Waals surface area contributed by atoms with Crippen LogP contribution < -0.4 is 11.1 Å². The van der Waals surface area contributed by atoms with Gasteiger partial charge in [-0.3, -0.25) is 0 Å². The molecule has 2 nitrogen and oxygen atoms in total. The summed E-state index contributed by atoms with van der Waals surface area (Å²) < 4.78 is 0. The van der Waals surface area contributed by atoms with Gasteiger partial charge in [0, 0.05) is 22.1 Å². The van der Waals surface area contributed by atoms with Gasteiger partial charge in [0.15, 0.2) is 0 Å². The predicted molar refractivity (Wildman–Crippen MR) is 75.9 cm³/mol. The van der Waals surface area contributed by atoms with Gasteiger partial charge in [-0.2, -0.15) is 0 Å². The number of rotatable bonds is 4. The first-order valence-corrected chi connectivity index (χ1v) is 6.72. The minimum absolute atomic E-state index is 0.147. The first kappa shape index (κ1) is 12.4. The Bertz CT molecular complexity index is 496. The number of halogens is 1. The van der Waals surface area contributed by atoms with Gasteiger partial charge in [0.2, 0.25) is 0 Å². The van der Waals surface area contributed by atoms with E-state index in [2.05, 4.69) is 23.7 Å². The summed E-state index contributed by atoms with van der Waals surface area (Å²) in [5, 5.41) is 6.23. The number of hydrogen-bond donors (Lipinski definition) is 2.